The van der Waals surface area contributed by atoms with Crippen LogP contribution in [0.4, 0.5) is 5.69 Å². The second-order valence-electron chi connectivity index (χ2n) is 4.17. The van der Waals surface area contributed by atoms with Crippen LogP contribution in [0.5, 0.6) is 0 Å². The molecular formula is C15H14BrNOS. The highest BCUT2D eigenvalue weighted by Crippen LogP contribution is 2.22. The van der Waals surface area contributed by atoms with Gasteiger partial charge in [0.1, 0.15) is 0 Å². The average Bonchev–Trinajstić information content (AvgIpc) is 2.38. The molecule has 0 saturated heterocycles. The number of halogens is 1. The zero-order valence-corrected chi connectivity index (χ0v) is 13.1. The Kier molecular flexibility index (Phi) is 4.66. The van der Waals surface area contributed by atoms with Crippen LogP contribution in [0.1, 0.15) is 15.9 Å². The zero-order valence-electron chi connectivity index (χ0n) is 10.7. The lowest BCUT2D eigenvalue weighted by molar-refractivity contribution is 0.102. The summed E-state index contributed by atoms with van der Waals surface area (Å²) in [5, 5.41) is 2.91. The van der Waals surface area contributed by atoms with E-state index in [1.54, 1.807) is 11.8 Å². The minimum atomic E-state index is -0.106. The molecule has 0 bridgehead atoms. The van der Waals surface area contributed by atoms with Crippen molar-refractivity contribution >= 4 is 39.3 Å². The minimum Gasteiger partial charge on any atom is -0.322 e. The van der Waals surface area contributed by atoms with Crippen molar-refractivity contribution in [2.24, 2.45) is 0 Å². The summed E-state index contributed by atoms with van der Waals surface area (Å²) in [7, 11) is 0. The van der Waals surface area contributed by atoms with Gasteiger partial charge >= 0.3 is 0 Å². The Hall–Kier alpha value is -1.26. The number of nitrogens with one attached hydrogen (secondary N) is 1. The lowest BCUT2D eigenvalue weighted by Gasteiger charge is -2.08. The van der Waals surface area contributed by atoms with E-state index < -0.39 is 0 Å². The number of carbonyl (C=O) groups excluding carboxylic acids is 1. The monoisotopic (exact) mass is 335 g/mol. The van der Waals surface area contributed by atoms with Crippen molar-refractivity contribution in [3.05, 3.63) is 58.1 Å². The standard InChI is InChI=1S/C15H14BrNOS/c1-10-6-7-13(14(16)8-10)15(18)17-11-4-3-5-12(9-11)19-2/h3-9H,1-2H3,(H,17,18). The largest absolute Gasteiger partial charge is 0.322 e. The molecule has 4 heteroatoms. The Morgan fingerprint density at radius 2 is 2.00 bits per heavy atom. The van der Waals surface area contributed by atoms with Crippen molar-refractivity contribution in [3.8, 4) is 0 Å². The zero-order chi connectivity index (χ0) is 13.8. The van der Waals surface area contributed by atoms with Crippen LogP contribution in [-0.4, -0.2) is 12.2 Å². The van der Waals surface area contributed by atoms with Gasteiger partial charge in [0.05, 0.1) is 5.56 Å². The smallest absolute Gasteiger partial charge is 0.256 e. The molecule has 2 rings (SSSR count). The van der Waals surface area contributed by atoms with Gasteiger partial charge < -0.3 is 5.32 Å². The predicted octanol–water partition coefficient (Wildman–Crippen LogP) is 4.73. The summed E-state index contributed by atoms with van der Waals surface area (Å²) >= 11 is 5.07. The lowest BCUT2D eigenvalue weighted by Crippen LogP contribution is -2.12. The van der Waals surface area contributed by atoms with Gasteiger partial charge in [-0.25, -0.2) is 0 Å². The first-order valence-electron chi connectivity index (χ1n) is 5.81. The van der Waals surface area contributed by atoms with Gasteiger partial charge in [-0.3, -0.25) is 4.79 Å². The van der Waals surface area contributed by atoms with Crippen LogP contribution in [0.15, 0.2) is 51.8 Å². The fraction of sp³-hybridized carbons (Fsp3) is 0.133. The molecule has 0 saturated carbocycles. The van der Waals surface area contributed by atoms with E-state index in [0.29, 0.717) is 5.56 Å². The summed E-state index contributed by atoms with van der Waals surface area (Å²) in [4.78, 5) is 13.3. The molecule has 2 nitrogen and oxygen atoms in total. The number of hydrogen-bond donors (Lipinski definition) is 1. The van der Waals surface area contributed by atoms with Crippen molar-refractivity contribution in [2.45, 2.75) is 11.8 Å². The summed E-state index contributed by atoms with van der Waals surface area (Å²) in [6.07, 6.45) is 2.01. The Morgan fingerprint density at radius 3 is 2.68 bits per heavy atom. The molecule has 0 aromatic heterocycles. The van der Waals surface area contributed by atoms with Crippen molar-refractivity contribution in [1.82, 2.24) is 0 Å². The number of amides is 1. The van der Waals surface area contributed by atoms with E-state index >= 15 is 0 Å². The molecule has 1 amide bonds. The molecule has 0 aliphatic rings. The molecular weight excluding hydrogens is 322 g/mol. The molecule has 0 heterocycles. The van der Waals surface area contributed by atoms with Crippen LogP contribution >= 0.6 is 27.7 Å². The SMILES string of the molecule is CSc1cccc(NC(=O)c2ccc(C)cc2Br)c1. The van der Waals surface area contributed by atoms with Gasteiger partial charge in [-0.1, -0.05) is 12.1 Å². The fourth-order valence-electron chi connectivity index (χ4n) is 1.70. The average molecular weight is 336 g/mol. The second kappa shape index (κ2) is 6.26. The Balaban J connectivity index is 2.20. The fourth-order valence-corrected chi connectivity index (χ4v) is 2.84. The summed E-state index contributed by atoms with van der Waals surface area (Å²) in [5.41, 5.74) is 2.57. The maximum atomic E-state index is 12.2. The van der Waals surface area contributed by atoms with Crippen LogP contribution in [0, 0.1) is 6.92 Å². The van der Waals surface area contributed by atoms with E-state index in [9.17, 15) is 4.79 Å². The van der Waals surface area contributed by atoms with Crippen LogP contribution in [0.2, 0.25) is 0 Å². The lowest BCUT2D eigenvalue weighted by atomic mass is 10.1. The second-order valence-corrected chi connectivity index (χ2v) is 5.90. The third kappa shape index (κ3) is 3.61. The normalized spacial score (nSPS) is 10.3. The summed E-state index contributed by atoms with van der Waals surface area (Å²) in [6, 6.07) is 13.5. The molecule has 98 valence electrons. The van der Waals surface area contributed by atoms with Crippen molar-refractivity contribution in [2.75, 3.05) is 11.6 Å². The maximum Gasteiger partial charge on any atom is 0.256 e. The van der Waals surface area contributed by atoms with Gasteiger partial charge in [-0.2, -0.15) is 0 Å². The van der Waals surface area contributed by atoms with Crippen molar-refractivity contribution < 1.29 is 4.79 Å². The van der Waals surface area contributed by atoms with Gasteiger partial charge in [0.15, 0.2) is 0 Å². The molecule has 0 fully saturated rings. The Morgan fingerprint density at radius 1 is 1.21 bits per heavy atom. The molecule has 2 aromatic carbocycles. The number of hydrogen-bond acceptors (Lipinski definition) is 2. The van der Waals surface area contributed by atoms with Crippen molar-refractivity contribution in [3.63, 3.8) is 0 Å². The number of rotatable bonds is 3. The summed E-state index contributed by atoms with van der Waals surface area (Å²) < 4.78 is 0.811. The predicted molar refractivity (Wildman–Crippen MR) is 85.1 cm³/mol. The molecule has 0 radical (unpaired) electrons. The van der Waals surface area contributed by atoms with Crippen LogP contribution in [0.25, 0.3) is 0 Å². The highest BCUT2D eigenvalue weighted by atomic mass is 79.9. The van der Waals surface area contributed by atoms with Gasteiger partial charge in [0, 0.05) is 15.1 Å². The first-order chi connectivity index (χ1) is 9.10. The Bertz CT molecular complexity index is 613. The number of anilines is 1. The molecule has 0 atom stereocenters. The molecule has 0 spiro atoms. The van der Waals surface area contributed by atoms with Gasteiger partial charge in [0.25, 0.3) is 5.91 Å². The minimum absolute atomic E-state index is 0.106. The number of thioether (sulfide) groups is 1. The molecule has 1 N–H and O–H groups in total. The Labute approximate surface area is 125 Å². The van der Waals surface area contributed by atoms with E-state index in [-0.39, 0.29) is 5.91 Å². The van der Waals surface area contributed by atoms with E-state index in [4.69, 9.17) is 0 Å². The van der Waals surface area contributed by atoms with E-state index in [2.05, 4.69) is 21.2 Å². The van der Waals surface area contributed by atoms with Crippen molar-refractivity contribution in [1.29, 1.82) is 0 Å². The first kappa shape index (κ1) is 14.2. The van der Waals surface area contributed by atoms with Crippen LogP contribution < -0.4 is 5.32 Å². The molecule has 2 aromatic rings. The van der Waals surface area contributed by atoms with Gasteiger partial charge in [-0.05, 0) is 65.0 Å². The topological polar surface area (TPSA) is 29.1 Å². The number of aryl methyl sites for hydroxylation is 1. The van der Waals surface area contributed by atoms with Gasteiger partial charge in [0.2, 0.25) is 0 Å². The highest BCUT2D eigenvalue weighted by molar-refractivity contribution is 9.10. The quantitative estimate of drug-likeness (QED) is 0.821. The summed E-state index contributed by atoms with van der Waals surface area (Å²) in [6.45, 7) is 1.99. The number of carbonyl (C=O) groups is 1. The molecule has 0 aliphatic heterocycles. The van der Waals surface area contributed by atoms with Gasteiger partial charge in [-0.15, -0.1) is 11.8 Å². The maximum absolute atomic E-state index is 12.2. The molecule has 0 aliphatic carbocycles. The third-order valence-electron chi connectivity index (χ3n) is 2.70. The molecule has 0 unspecified atom stereocenters. The van der Waals surface area contributed by atoms with E-state index in [1.807, 2.05) is 55.6 Å². The van der Waals surface area contributed by atoms with E-state index in [0.717, 1.165) is 20.6 Å². The number of benzene rings is 2. The van der Waals surface area contributed by atoms with E-state index in [1.165, 1.54) is 0 Å². The first-order valence-corrected chi connectivity index (χ1v) is 7.83. The summed E-state index contributed by atoms with van der Waals surface area (Å²) in [5.74, 6) is -0.106. The molecule has 19 heavy (non-hydrogen) atoms. The highest BCUT2D eigenvalue weighted by Gasteiger charge is 2.10. The third-order valence-corrected chi connectivity index (χ3v) is 4.08. The van der Waals surface area contributed by atoms with Crippen LogP contribution in [0.3, 0.4) is 0 Å². The van der Waals surface area contributed by atoms with Crippen LogP contribution in [-0.2, 0) is 0 Å².